The van der Waals surface area contributed by atoms with Crippen LogP contribution in [0.4, 0.5) is 0 Å². The maximum absolute atomic E-state index is 12.4. The summed E-state index contributed by atoms with van der Waals surface area (Å²) in [6.45, 7) is 0.424. The van der Waals surface area contributed by atoms with Crippen LogP contribution in [0.25, 0.3) is 11.4 Å². The number of benzene rings is 2. The van der Waals surface area contributed by atoms with Crippen molar-refractivity contribution >= 4 is 23.2 Å². The molecule has 32 heavy (non-hydrogen) atoms. The molecule has 4 aromatic rings. The number of amides is 2. The molecule has 1 saturated carbocycles. The van der Waals surface area contributed by atoms with Gasteiger partial charge in [-0.15, -0.1) is 21.5 Å². The second-order valence-corrected chi connectivity index (χ2v) is 8.51. The molecule has 5 rings (SSSR count). The van der Waals surface area contributed by atoms with E-state index >= 15 is 0 Å². The summed E-state index contributed by atoms with van der Waals surface area (Å²) in [4.78, 5) is 30.8. The first kappa shape index (κ1) is 20.0. The standard InChI is InChI=1S/C22H19N7O2S/c30-20(25-26-21(31)18-12-23-22(32-18)17-10-11-17)16-8-6-14(7-9-16)13-29-27-19(24-28-29)15-4-2-1-3-5-15/h1-9,12,17H,10-11,13H2,(H,25,30)(H,26,31). The van der Waals surface area contributed by atoms with Crippen molar-refractivity contribution < 1.29 is 9.59 Å². The van der Waals surface area contributed by atoms with Crippen molar-refractivity contribution in [1.29, 1.82) is 0 Å². The van der Waals surface area contributed by atoms with Gasteiger partial charge in [-0.25, -0.2) is 4.98 Å². The maximum atomic E-state index is 12.4. The molecule has 0 radical (unpaired) electrons. The molecule has 0 unspecified atom stereocenters. The molecule has 2 aromatic carbocycles. The lowest BCUT2D eigenvalue weighted by molar-refractivity contribution is 0.0849. The first-order valence-corrected chi connectivity index (χ1v) is 11.0. The first-order chi connectivity index (χ1) is 15.7. The second kappa shape index (κ2) is 8.67. The van der Waals surface area contributed by atoms with Gasteiger partial charge < -0.3 is 0 Å². The zero-order valence-electron chi connectivity index (χ0n) is 16.9. The van der Waals surface area contributed by atoms with Crippen molar-refractivity contribution in [3.63, 3.8) is 0 Å². The van der Waals surface area contributed by atoms with E-state index in [0.29, 0.717) is 28.7 Å². The Labute approximate surface area is 187 Å². The summed E-state index contributed by atoms with van der Waals surface area (Å²) in [6.07, 6.45) is 3.81. The van der Waals surface area contributed by atoms with E-state index in [9.17, 15) is 9.59 Å². The van der Waals surface area contributed by atoms with Gasteiger partial charge in [0, 0.05) is 17.0 Å². The van der Waals surface area contributed by atoms with E-state index in [1.54, 1.807) is 18.3 Å². The van der Waals surface area contributed by atoms with Crippen LogP contribution in [0.5, 0.6) is 0 Å². The fourth-order valence-corrected chi connectivity index (χ4v) is 4.08. The van der Waals surface area contributed by atoms with Gasteiger partial charge in [-0.3, -0.25) is 20.4 Å². The number of carbonyl (C=O) groups is 2. The van der Waals surface area contributed by atoms with E-state index in [-0.39, 0.29) is 5.91 Å². The van der Waals surface area contributed by atoms with Crippen LogP contribution in [-0.4, -0.2) is 37.0 Å². The highest BCUT2D eigenvalue weighted by Crippen LogP contribution is 2.41. The lowest BCUT2D eigenvalue weighted by Gasteiger charge is -2.07. The minimum Gasteiger partial charge on any atom is -0.267 e. The van der Waals surface area contributed by atoms with Gasteiger partial charge in [0.05, 0.1) is 17.7 Å². The summed E-state index contributed by atoms with van der Waals surface area (Å²) < 4.78 is 0. The minimum absolute atomic E-state index is 0.370. The summed E-state index contributed by atoms with van der Waals surface area (Å²) in [5.41, 5.74) is 7.12. The SMILES string of the molecule is O=C(NNC(=O)c1cnc(C2CC2)s1)c1ccc(Cn2nnc(-c3ccccc3)n2)cc1. The van der Waals surface area contributed by atoms with Crippen LogP contribution in [0.1, 0.15) is 49.4 Å². The first-order valence-electron chi connectivity index (χ1n) is 10.1. The highest BCUT2D eigenvalue weighted by atomic mass is 32.1. The Morgan fingerprint density at radius 3 is 2.50 bits per heavy atom. The molecular weight excluding hydrogens is 426 g/mol. The number of hydrogen-bond acceptors (Lipinski definition) is 7. The number of rotatable bonds is 6. The van der Waals surface area contributed by atoms with Crippen molar-refractivity contribution in [3.8, 4) is 11.4 Å². The average molecular weight is 446 g/mol. The van der Waals surface area contributed by atoms with Gasteiger partial charge in [0.1, 0.15) is 4.88 Å². The molecule has 1 aliphatic carbocycles. The summed E-state index contributed by atoms with van der Waals surface area (Å²) in [7, 11) is 0. The van der Waals surface area contributed by atoms with Crippen LogP contribution in [0.2, 0.25) is 0 Å². The highest BCUT2D eigenvalue weighted by molar-refractivity contribution is 7.13. The zero-order valence-corrected chi connectivity index (χ0v) is 17.7. The van der Waals surface area contributed by atoms with E-state index in [1.807, 2.05) is 42.5 Å². The molecule has 0 saturated heterocycles. The van der Waals surface area contributed by atoms with Crippen molar-refractivity contribution in [3.05, 3.63) is 81.8 Å². The van der Waals surface area contributed by atoms with Gasteiger partial charge in [0.25, 0.3) is 11.8 Å². The molecule has 2 heterocycles. The van der Waals surface area contributed by atoms with Gasteiger partial charge in [0.2, 0.25) is 5.82 Å². The highest BCUT2D eigenvalue weighted by Gasteiger charge is 2.27. The van der Waals surface area contributed by atoms with Crippen molar-refractivity contribution in [2.24, 2.45) is 0 Å². The molecule has 0 bridgehead atoms. The number of nitrogens with one attached hydrogen (secondary N) is 2. The monoisotopic (exact) mass is 445 g/mol. The van der Waals surface area contributed by atoms with Gasteiger partial charge in [-0.2, -0.15) is 4.80 Å². The smallest absolute Gasteiger partial charge is 0.267 e. The summed E-state index contributed by atoms with van der Waals surface area (Å²) in [6, 6.07) is 16.6. The van der Waals surface area contributed by atoms with Crippen LogP contribution in [-0.2, 0) is 6.54 Å². The minimum atomic E-state index is -0.401. The molecule has 0 spiro atoms. The third kappa shape index (κ3) is 4.54. The van der Waals surface area contributed by atoms with E-state index in [2.05, 4.69) is 31.2 Å². The van der Waals surface area contributed by atoms with E-state index in [1.165, 1.54) is 16.1 Å². The fraction of sp³-hybridized carbons (Fsp3) is 0.182. The van der Waals surface area contributed by atoms with E-state index < -0.39 is 5.91 Å². The van der Waals surface area contributed by atoms with Crippen molar-refractivity contribution in [2.75, 3.05) is 0 Å². The third-order valence-electron chi connectivity index (χ3n) is 4.99. The Bertz CT molecular complexity index is 1250. The number of hydrogen-bond donors (Lipinski definition) is 2. The number of thiazole rings is 1. The predicted molar refractivity (Wildman–Crippen MR) is 118 cm³/mol. The topological polar surface area (TPSA) is 115 Å². The number of carbonyl (C=O) groups excluding carboxylic acids is 2. The van der Waals surface area contributed by atoms with Crippen LogP contribution in [0.15, 0.2) is 60.8 Å². The molecule has 2 aromatic heterocycles. The van der Waals surface area contributed by atoms with Crippen molar-refractivity contribution in [2.45, 2.75) is 25.3 Å². The average Bonchev–Trinajstić information content (AvgIpc) is 3.37. The summed E-state index contributed by atoms with van der Waals surface area (Å²) in [5, 5.41) is 13.5. The number of tetrazole rings is 1. The molecule has 2 amide bonds. The number of hydrazine groups is 1. The fourth-order valence-electron chi connectivity index (χ4n) is 3.10. The molecule has 10 heteroatoms. The molecule has 1 fully saturated rings. The molecular formula is C22H19N7O2S. The van der Waals surface area contributed by atoms with Crippen LogP contribution < -0.4 is 10.9 Å². The largest absolute Gasteiger partial charge is 0.281 e. The zero-order chi connectivity index (χ0) is 21.9. The van der Waals surface area contributed by atoms with Crippen LogP contribution in [0, 0.1) is 0 Å². The molecule has 160 valence electrons. The number of aromatic nitrogens is 5. The molecule has 9 nitrogen and oxygen atoms in total. The van der Waals surface area contributed by atoms with E-state index in [4.69, 9.17) is 0 Å². The third-order valence-corrected chi connectivity index (χ3v) is 6.15. The van der Waals surface area contributed by atoms with Gasteiger partial charge in [0.15, 0.2) is 0 Å². The Morgan fingerprint density at radius 1 is 1.00 bits per heavy atom. The quantitative estimate of drug-likeness (QED) is 0.441. The van der Waals surface area contributed by atoms with Gasteiger partial charge in [-0.1, -0.05) is 42.5 Å². The summed E-state index contributed by atoms with van der Waals surface area (Å²) in [5.74, 6) is 0.280. The molecule has 1 aliphatic rings. The Hall–Kier alpha value is -3.92. The van der Waals surface area contributed by atoms with Crippen molar-refractivity contribution in [1.82, 2.24) is 36.0 Å². The Balaban J connectivity index is 1.16. The van der Waals surface area contributed by atoms with E-state index in [0.717, 1.165) is 29.0 Å². The summed E-state index contributed by atoms with van der Waals surface area (Å²) >= 11 is 1.37. The molecule has 2 N–H and O–H groups in total. The second-order valence-electron chi connectivity index (χ2n) is 7.45. The molecule has 0 aliphatic heterocycles. The van der Waals surface area contributed by atoms with Crippen LogP contribution in [0.3, 0.4) is 0 Å². The normalized spacial score (nSPS) is 13.0. The number of nitrogens with zero attached hydrogens (tertiary/aromatic N) is 5. The van der Waals surface area contributed by atoms with Gasteiger partial charge >= 0.3 is 0 Å². The lowest BCUT2D eigenvalue weighted by atomic mass is 10.1. The maximum Gasteiger partial charge on any atom is 0.281 e. The van der Waals surface area contributed by atoms with Crippen LogP contribution >= 0.6 is 11.3 Å². The Morgan fingerprint density at radius 2 is 1.75 bits per heavy atom. The Kier molecular flexibility index (Phi) is 5.42. The lowest BCUT2D eigenvalue weighted by Crippen LogP contribution is -2.41. The van der Waals surface area contributed by atoms with Gasteiger partial charge in [-0.05, 0) is 35.8 Å². The predicted octanol–water partition coefficient (Wildman–Crippen LogP) is 2.80. The molecule has 0 atom stereocenters.